The summed E-state index contributed by atoms with van der Waals surface area (Å²) in [5.74, 6) is 0.0540. The lowest BCUT2D eigenvalue weighted by Crippen LogP contribution is -2.51. The van der Waals surface area contributed by atoms with Crippen molar-refractivity contribution < 1.29 is 9.90 Å². The van der Waals surface area contributed by atoms with Crippen molar-refractivity contribution in [2.75, 3.05) is 0 Å². The van der Waals surface area contributed by atoms with Crippen molar-refractivity contribution in [1.82, 2.24) is 10.2 Å². The van der Waals surface area contributed by atoms with Crippen LogP contribution in [0.1, 0.15) is 58.6 Å². The van der Waals surface area contributed by atoms with Gasteiger partial charge in [-0.1, -0.05) is 30.3 Å². The van der Waals surface area contributed by atoms with Crippen LogP contribution in [0.25, 0.3) is 0 Å². The van der Waals surface area contributed by atoms with Crippen LogP contribution < -0.4 is 5.32 Å². The maximum absolute atomic E-state index is 12.5. The molecule has 1 heterocycles. The molecule has 4 heteroatoms. The molecule has 4 nitrogen and oxygen atoms in total. The number of likely N-dealkylation sites (tertiary alicyclic amines) is 1. The maximum atomic E-state index is 12.5. The zero-order valence-electron chi connectivity index (χ0n) is 14.7. The van der Waals surface area contributed by atoms with Crippen LogP contribution in [0.2, 0.25) is 0 Å². The Hall–Kier alpha value is -1.39. The van der Waals surface area contributed by atoms with Crippen molar-refractivity contribution in [3.8, 4) is 0 Å². The summed E-state index contributed by atoms with van der Waals surface area (Å²) in [6.07, 6.45) is 2.28. The number of aliphatic hydroxyl groups excluding tert-OH is 1. The number of hydrogen-bond acceptors (Lipinski definition) is 3. The van der Waals surface area contributed by atoms with Crippen LogP contribution in [0.15, 0.2) is 30.3 Å². The summed E-state index contributed by atoms with van der Waals surface area (Å²) in [4.78, 5) is 14.8. The van der Waals surface area contributed by atoms with E-state index < -0.39 is 6.10 Å². The van der Waals surface area contributed by atoms with E-state index in [-0.39, 0.29) is 18.0 Å². The highest BCUT2D eigenvalue weighted by atomic mass is 16.3. The second kappa shape index (κ2) is 7.93. The predicted molar refractivity (Wildman–Crippen MR) is 93.1 cm³/mol. The molecule has 2 rings (SSSR count). The molecular weight excluding hydrogens is 288 g/mol. The average molecular weight is 318 g/mol. The summed E-state index contributed by atoms with van der Waals surface area (Å²) < 4.78 is 0. The molecule has 1 aromatic rings. The Kier molecular flexibility index (Phi) is 6.19. The number of carbonyl (C=O) groups excluding carboxylic acids is 1. The van der Waals surface area contributed by atoms with Crippen molar-refractivity contribution >= 4 is 5.91 Å². The minimum atomic E-state index is -0.550. The van der Waals surface area contributed by atoms with E-state index in [9.17, 15) is 9.90 Å². The molecule has 1 aliphatic rings. The molecule has 5 unspecified atom stereocenters. The van der Waals surface area contributed by atoms with Gasteiger partial charge in [0.05, 0.1) is 12.1 Å². The number of carbonyl (C=O) groups is 1. The van der Waals surface area contributed by atoms with Crippen molar-refractivity contribution in [3.05, 3.63) is 35.9 Å². The van der Waals surface area contributed by atoms with Crippen molar-refractivity contribution in [3.63, 3.8) is 0 Å². The molecule has 5 atom stereocenters. The number of hydrogen-bond donors (Lipinski definition) is 2. The summed E-state index contributed by atoms with van der Waals surface area (Å²) in [7, 11) is 0. The number of aliphatic hydroxyl groups is 1. The number of amides is 1. The first kappa shape index (κ1) is 18.0. The van der Waals surface area contributed by atoms with Gasteiger partial charge in [-0.2, -0.15) is 0 Å². The molecule has 1 fully saturated rings. The molecule has 1 amide bonds. The van der Waals surface area contributed by atoms with E-state index in [0.29, 0.717) is 18.5 Å². The van der Waals surface area contributed by atoms with E-state index in [1.165, 1.54) is 0 Å². The summed E-state index contributed by atoms with van der Waals surface area (Å²) in [5, 5.41) is 13.3. The summed E-state index contributed by atoms with van der Waals surface area (Å²) in [6.45, 7) is 8.31. The fourth-order valence-electron chi connectivity index (χ4n) is 3.68. The summed E-state index contributed by atoms with van der Waals surface area (Å²) in [6, 6.07) is 10.3. The summed E-state index contributed by atoms with van der Waals surface area (Å²) >= 11 is 0. The van der Waals surface area contributed by atoms with Gasteiger partial charge in [-0.15, -0.1) is 0 Å². The zero-order valence-corrected chi connectivity index (χ0v) is 14.7. The fraction of sp³-hybridized carbons (Fsp3) is 0.632. The van der Waals surface area contributed by atoms with Gasteiger partial charge in [-0.25, -0.2) is 0 Å². The minimum absolute atomic E-state index is 0.0540. The van der Waals surface area contributed by atoms with Crippen LogP contribution in [0.3, 0.4) is 0 Å². The van der Waals surface area contributed by atoms with Gasteiger partial charge in [0.15, 0.2) is 0 Å². The van der Waals surface area contributed by atoms with Crippen molar-refractivity contribution in [2.24, 2.45) is 0 Å². The van der Waals surface area contributed by atoms with Gasteiger partial charge >= 0.3 is 0 Å². The van der Waals surface area contributed by atoms with E-state index >= 15 is 0 Å². The van der Waals surface area contributed by atoms with Gasteiger partial charge in [0.25, 0.3) is 0 Å². The topological polar surface area (TPSA) is 52.6 Å². The monoisotopic (exact) mass is 318 g/mol. The van der Waals surface area contributed by atoms with Gasteiger partial charge in [-0.05, 0) is 52.5 Å². The Morgan fingerprint density at radius 2 is 1.78 bits per heavy atom. The number of rotatable bonds is 6. The van der Waals surface area contributed by atoms with Crippen molar-refractivity contribution in [1.29, 1.82) is 0 Å². The lowest BCUT2D eigenvalue weighted by molar-refractivity contribution is -0.127. The Bertz CT molecular complexity index is 495. The van der Waals surface area contributed by atoms with Crippen LogP contribution in [0, 0.1) is 0 Å². The van der Waals surface area contributed by atoms with Crippen LogP contribution in [-0.2, 0) is 4.79 Å². The average Bonchev–Trinajstić information content (AvgIpc) is 2.86. The van der Waals surface area contributed by atoms with Crippen molar-refractivity contribution in [2.45, 2.75) is 77.2 Å². The quantitative estimate of drug-likeness (QED) is 0.848. The highest BCUT2D eigenvalue weighted by Crippen LogP contribution is 2.26. The molecule has 1 aliphatic heterocycles. The first-order valence-corrected chi connectivity index (χ1v) is 8.71. The first-order chi connectivity index (χ1) is 10.9. The normalized spacial score (nSPS) is 25.8. The third-order valence-corrected chi connectivity index (χ3v) is 5.00. The molecular formula is C19H30N2O2. The van der Waals surface area contributed by atoms with Crippen LogP contribution in [0.4, 0.5) is 0 Å². The number of nitrogens with one attached hydrogen (secondary N) is 1. The van der Waals surface area contributed by atoms with Gasteiger partial charge < -0.3 is 10.4 Å². The summed E-state index contributed by atoms with van der Waals surface area (Å²) in [5.41, 5.74) is 0.892. The smallest absolute Gasteiger partial charge is 0.237 e. The lowest BCUT2D eigenvalue weighted by atomic mass is 10.0. The second-order valence-electron chi connectivity index (χ2n) is 6.97. The molecule has 23 heavy (non-hydrogen) atoms. The lowest BCUT2D eigenvalue weighted by Gasteiger charge is -2.32. The predicted octanol–water partition coefficient (Wildman–Crippen LogP) is 2.88. The third kappa shape index (κ3) is 4.55. The third-order valence-electron chi connectivity index (χ3n) is 5.00. The Balaban J connectivity index is 1.87. The van der Waals surface area contributed by atoms with Gasteiger partial charge in [0.1, 0.15) is 0 Å². The van der Waals surface area contributed by atoms with Gasteiger partial charge in [0.2, 0.25) is 5.91 Å². The van der Waals surface area contributed by atoms with Crippen LogP contribution in [0.5, 0.6) is 0 Å². The Labute approximate surface area is 139 Å². The van der Waals surface area contributed by atoms with E-state index in [1.807, 2.05) is 44.2 Å². The van der Waals surface area contributed by atoms with E-state index in [2.05, 4.69) is 24.1 Å². The zero-order chi connectivity index (χ0) is 17.0. The van der Waals surface area contributed by atoms with Gasteiger partial charge in [0, 0.05) is 18.1 Å². The van der Waals surface area contributed by atoms with E-state index in [4.69, 9.17) is 0 Å². The molecule has 0 aliphatic carbocycles. The number of benzene rings is 1. The van der Waals surface area contributed by atoms with E-state index in [0.717, 1.165) is 18.4 Å². The molecule has 0 radical (unpaired) electrons. The highest BCUT2D eigenvalue weighted by molar-refractivity contribution is 5.81. The molecule has 128 valence electrons. The minimum Gasteiger partial charge on any atom is -0.388 e. The van der Waals surface area contributed by atoms with E-state index in [1.54, 1.807) is 0 Å². The molecule has 0 saturated carbocycles. The molecule has 0 bridgehead atoms. The largest absolute Gasteiger partial charge is 0.388 e. The highest BCUT2D eigenvalue weighted by Gasteiger charge is 2.34. The van der Waals surface area contributed by atoms with Gasteiger partial charge in [-0.3, -0.25) is 9.69 Å². The molecule has 1 aromatic carbocycles. The Morgan fingerprint density at radius 1 is 1.22 bits per heavy atom. The fourth-order valence-corrected chi connectivity index (χ4v) is 3.68. The van der Waals surface area contributed by atoms with Crippen LogP contribution in [-0.4, -0.2) is 40.1 Å². The Morgan fingerprint density at radius 3 is 2.35 bits per heavy atom. The molecule has 1 saturated heterocycles. The maximum Gasteiger partial charge on any atom is 0.237 e. The van der Waals surface area contributed by atoms with Crippen LogP contribution >= 0.6 is 0 Å². The number of nitrogens with zero attached hydrogens (tertiary/aromatic N) is 1. The molecule has 0 spiro atoms. The first-order valence-electron chi connectivity index (χ1n) is 8.71. The molecule has 0 aromatic heterocycles. The SMILES string of the molecule is CC(CC(O)c1ccccc1)NC(=O)C(C)N1C(C)CCC1C. The molecule has 2 N–H and O–H groups in total. The second-order valence-corrected chi connectivity index (χ2v) is 6.97. The standard InChI is InChI=1S/C19H30N2O2/c1-13(12-18(22)17-8-6-5-7-9-17)20-19(23)16(4)21-14(2)10-11-15(21)3/h5-9,13-16,18,22H,10-12H2,1-4H3,(H,20,23).